The van der Waals surface area contributed by atoms with Crippen LogP contribution in [0.3, 0.4) is 0 Å². The van der Waals surface area contributed by atoms with Crippen LogP contribution in [-0.2, 0) is 21.6 Å². The van der Waals surface area contributed by atoms with Gasteiger partial charge in [-0.05, 0) is 50.6 Å². The first-order valence-electron chi connectivity index (χ1n) is 10.8. The van der Waals surface area contributed by atoms with Crippen molar-refractivity contribution in [1.29, 1.82) is 0 Å². The number of ketones is 1. The van der Waals surface area contributed by atoms with Crippen LogP contribution in [0.1, 0.15) is 29.2 Å². The number of amides is 1. The highest BCUT2D eigenvalue weighted by molar-refractivity contribution is 6.22. The molecule has 1 aromatic carbocycles. The quantitative estimate of drug-likeness (QED) is 0.421. The summed E-state index contributed by atoms with van der Waals surface area (Å²) < 4.78 is 0. The van der Waals surface area contributed by atoms with E-state index in [2.05, 4.69) is 10.2 Å². The number of anilines is 1. The summed E-state index contributed by atoms with van der Waals surface area (Å²) in [6, 6.07) is 2.60. The van der Waals surface area contributed by atoms with Crippen LogP contribution < -0.4 is 10.6 Å². The number of aliphatic hydroxyl groups is 2. The number of aliphatic hydroxyl groups excluding tert-OH is 1. The zero-order valence-corrected chi connectivity index (χ0v) is 18.9. The first-order valence-corrected chi connectivity index (χ1v) is 10.8. The number of nitrogens with zero attached hydrogens (tertiary/aromatic N) is 3. The molecule has 2 aromatic rings. The van der Waals surface area contributed by atoms with E-state index in [0.29, 0.717) is 29.7 Å². The number of H-pyrrole nitrogens is 1. The summed E-state index contributed by atoms with van der Waals surface area (Å²) in [7, 11) is 7.23. The van der Waals surface area contributed by atoms with Crippen LogP contribution in [-0.4, -0.2) is 76.3 Å². The van der Waals surface area contributed by atoms with Crippen molar-refractivity contribution in [3.8, 4) is 17.0 Å². The maximum Gasteiger partial charge on any atom is 0.255 e. The number of rotatable bonds is 3. The van der Waals surface area contributed by atoms with Gasteiger partial charge in [-0.1, -0.05) is 0 Å². The molecule has 3 aliphatic carbocycles. The lowest BCUT2D eigenvalue weighted by Crippen LogP contribution is -2.60. The molecule has 5 rings (SSSR count). The number of phenols is 1. The largest absolute Gasteiger partial charge is 0.508 e. The zero-order valence-electron chi connectivity index (χ0n) is 18.9. The summed E-state index contributed by atoms with van der Waals surface area (Å²) in [5.41, 5.74) is 6.66. The van der Waals surface area contributed by atoms with Gasteiger partial charge >= 0.3 is 0 Å². The molecule has 10 nitrogen and oxygen atoms in total. The van der Waals surface area contributed by atoms with Gasteiger partial charge in [0.2, 0.25) is 0 Å². The van der Waals surface area contributed by atoms with Gasteiger partial charge in [0, 0.05) is 36.8 Å². The highest BCUT2D eigenvalue weighted by Gasteiger charge is 2.61. The lowest BCUT2D eigenvalue weighted by molar-refractivity contribution is -0.138. The molecule has 1 aromatic heterocycles. The average Bonchev–Trinajstić information content (AvgIpc) is 3.17. The van der Waals surface area contributed by atoms with E-state index in [1.807, 2.05) is 25.1 Å². The third kappa shape index (κ3) is 2.58. The number of fused-ring (bicyclic) bond motifs is 4. The number of primary amides is 1. The second kappa shape index (κ2) is 6.82. The Morgan fingerprint density at radius 1 is 1.24 bits per heavy atom. The highest BCUT2D eigenvalue weighted by atomic mass is 16.3. The normalized spacial score (nSPS) is 27.8. The molecule has 0 saturated carbocycles. The van der Waals surface area contributed by atoms with Crippen LogP contribution >= 0.6 is 0 Å². The summed E-state index contributed by atoms with van der Waals surface area (Å²) in [4.78, 5) is 28.9. The third-order valence-electron chi connectivity index (χ3n) is 7.40. The Balaban J connectivity index is 1.81. The predicted molar refractivity (Wildman–Crippen MR) is 120 cm³/mol. The minimum Gasteiger partial charge on any atom is -0.508 e. The first-order chi connectivity index (χ1) is 15.5. The maximum atomic E-state index is 13.2. The number of carbonyl (C=O) groups is 2. The van der Waals surface area contributed by atoms with Crippen LogP contribution in [0.2, 0.25) is 0 Å². The van der Waals surface area contributed by atoms with Crippen molar-refractivity contribution in [1.82, 2.24) is 15.1 Å². The Labute approximate surface area is 190 Å². The van der Waals surface area contributed by atoms with E-state index in [9.17, 15) is 24.9 Å². The van der Waals surface area contributed by atoms with Crippen molar-refractivity contribution in [3.05, 3.63) is 40.3 Å². The number of Topliss-reactive ketones (excluding diaryl/α,β-unsaturated/α-hetero) is 1. The molecule has 1 heterocycles. The van der Waals surface area contributed by atoms with E-state index < -0.39 is 40.6 Å². The van der Waals surface area contributed by atoms with Crippen molar-refractivity contribution < 1.29 is 24.9 Å². The Morgan fingerprint density at radius 2 is 1.94 bits per heavy atom. The summed E-state index contributed by atoms with van der Waals surface area (Å²) in [6.07, 6.45) is 0.924. The summed E-state index contributed by atoms with van der Waals surface area (Å²) >= 11 is 0. The van der Waals surface area contributed by atoms with Crippen LogP contribution in [0, 0.1) is 5.92 Å². The molecule has 3 aliphatic rings. The lowest BCUT2D eigenvalue weighted by Gasteiger charge is -2.50. The molecule has 6 N–H and O–H groups in total. The number of aromatic nitrogens is 2. The molecule has 0 radical (unpaired) electrons. The average molecular weight is 453 g/mol. The van der Waals surface area contributed by atoms with Gasteiger partial charge in [-0.15, -0.1) is 0 Å². The number of nitrogens with two attached hydrogens (primary N) is 1. The van der Waals surface area contributed by atoms with E-state index in [0.717, 1.165) is 11.3 Å². The fourth-order valence-corrected chi connectivity index (χ4v) is 6.08. The number of benzene rings is 1. The summed E-state index contributed by atoms with van der Waals surface area (Å²) in [5, 5.41) is 41.0. The van der Waals surface area contributed by atoms with Crippen LogP contribution in [0.15, 0.2) is 23.5 Å². The van der Waals surface area contributed by atoms with Gasteiger partial charge in [-0.3, -0.25) is 19.6 Å². The van der Waals surface area contributed by atoms with Crippen molar-refractivity contribution in [2.45, 2.75) is 30.4 Å². The lowest BCUT2D eigenvalue weighted by atomic mass is 9.59. The number of aromatic amines is 1. The van der Waals surface area contributed by atoms with E-state index in [1.54, 1.807) is 25.1 Å². The monoisotopic (exact) mass is 453 g/mol. The van der Waals surface area contributed by atoms with Crippen LogP contribution in [0.25, 0.3) is 11.3 Å². The molecule has 1 amide bonds. The van der Waals surface area contributed by atoms with Gasteiger partial charge in [0.25, 0.3) is 5.91 Å². The minimum atomic E-state index is -2.05. The second-order valence-electron chi connectivity index (χ2n) is 9.58. The molecule has 0 fully saturated rings. The number of hydrogen-bond donors (Lipinski definition) is 5. The maximum absolute atomic E-state index is 13.2. The molecule has 0 bridgehead atoms. The molecular weight excluding hydrogens is 426 g/mol. The standard InChI is InChI=1S/C23H27N5O5/c1-27(2)12-5-6-13(29)15-10(12)7-9-8-11-18(28(3)4)19(30)16(22(24)32)21(31)23(11,33)20-14(9)17(15)25-26-20/h5-6,9,11,18,29,31,33H,7-8H2,1-4H3,(H2,24,32)(H,25,26)/t9-,11-,18-,23-/m0/s1. The first kappa shape index (κ1) is 21.5. The number of hydrogen-bond acceptors (Lipinski definition) is 8. The molecular formula is C23H27N5O5. The number of aromatic hydroxyl groups is 1. The van der Waals surface area contributed by atoms with Gasteiger partial charge < -0.3 is 26.0 Å². The fraction of sp³-hybridized carbons (Fsp3) is 0.435. The van der Waals surface area contributed by atoms with Gasteiger partial charge in [0.15, 0.2) is 11.4 Å². The zero-order chi connectivity index (χ0) is 24.0. The minimum absolute atomic E-state index is 0.0695. The Bertz CT molecular complexity index is 1250. The number of nitrogens with one attached hydrogen (secondary N) is 1. The molecule has 0 aliphatic heterocycles. The van der Waals surface area contributed by atoms with Gasteiger partial charge in [-0.2, -0.15) is 5.10 Å². The smallest absolute Gasteiger partial charge is 0.255 e. The molecule has 0 unspecified atom stereocenters. The third-order valence-corrected chi connectivity index (χ3v) is 7.40. The Morgan fingerprint density at radius 3 is 2.55 bits per heavy atom. The molecule has 4 atom stereocenters. The van der Waals surface area contributed by atoms with Crippen molar-refractivity contribution in [3.63, 3.8) is 0 Å². The summed E-state index contributed by atoms with van der Waals surface area (Å²) in [6.45, 7) is 0. The topological polar surface area (TPSA) is 156 Å². The Hall–Kier alpha value is -3.37. The van der Waals surface area contributed by atoms with Crippen LogP contribution in [0.5, 0.6) is 5.75 Å². The molecule has 0 saturated heterocycles. The van der Waals surface area contributed by atoms with Gasteiger partial charge in [-0.25, -0.2) is 0 Å². The fourth-order valence-electron chi connectivity index (χ4n) is 6.08. The van der Waals surface area contributed by atoms with E-state index >= 15 is 0 Å². The Kier molecular flexibility index (Phi) is 4.44. The van der Waals surface area contributed by atoms with Gasteiger partial charge in [0.1, 0.15) is 17.1 Å². The van der Waals surface area contributed by atoms with E-state index in [1.165, 1.54) is 0 Å². The van der Waals surface area contributed by atoms with E-state index in [-0.39, 0.29) is 17.4 Å². The van der Waals surface area contributed by atoms with Gasteiger partial charge in [0.05, 0.1) is 17.4 Å². The summed E-state index contributed by atoms with van der Waals surface area (Å²) in [5.74, 6) is -3.23. The molecule has 33 heavy (non-hydrogen) atoms. The van der Waals surface area contributed by atoms with Crippen LogP contribution in [0.4, 0.5) is 5.69 Å². The number of carbonyl (C=O) groups excluding carboxylic acids is 2. The highest BCUT2D eigenvalue weighted by Crippen LogP contribution is 2.58. The number of likely N-dealkylation sites (N-methyl/N-ethyl adjacent to an activating group) is 1. The van der Waals surface area contributed by atoms with Crippen molar-refractivity contribution in [2.75, 3.05) is 33.1 Å². The molecule has 0 spiro atoms. The predicted octanol–water partition coefficient (Wildman–Crippen LogP) is 0.506. The molecule has 174 valence electrons. The van der Waals surface area contributed by atoms with Crippen molar-refractivity contribution in [2.24, 2.45) is 11.7 Å². The second-order valence-corrected chi connectivity index (χ2v) is 9.58. The molecule has 10 heteroatoms. The number of phenolic OH excluding ortho intramolecular Hbond substituents is 1. The van der Waals surface area contributed by atoms with Crippen molar-refractivity contribution >= 4 is 17.4 Å². The van der Waals surface area contributed by atoms with E-state index in [4.69, 9.17) is 5.73 Å². The SMILES string of the molecule is CN(C)c1ccc(O)c2c1C[C@H]1C[C@H]3[C@H](N(C)C)C(=O)C(C(N)=O)=C(O)[C@@]3(O)c3[nH]nc-2c31.